The molecule has 0 spiro atoms. The molecule has 7 heteroatoms. The van der Waals surface area contributed by atoms with Crippen LogP contribution in [0.15, 0.2) is 84.9 Å². The highest BCUT2D eigenvalue weighted by Gasteiger charge is 2.66. The van der Waals surface area contributed by atoms with Gasteiger partial charge in [0.1, 0.15) is 0 Å². The summed E-state index contributed by atoms with van der Waals surface area (Å²) in [6.07, 6.45) is 0. The lowest BCUT2D eigenvalue weighted by molar-refractivity contribution is -0.232. The van der Waals surface area contributed by atoms with Crippen molar-refractivity contribution in [2.75, 3.05) is 14.2 Å². The minimum atomic E-state index is -2.63. The summed E-state index contributed by atoms with van der Waals surface area (Å²) in [5.41, 5.74) is -4.00. The standard InChI is InChI=1S/C25H23ClO6/c1-30-22(27)24(29,20-14-9-15-21(26)16-20)25(23(28)31-2,19-12-7-4-8-13-19)32-17-18-10-5-3-6-11-18/h3-16,29H,17H2,1-2H3. The topological polar surface area (TPSA) is 82.1 Å². The van der Waals surface area contributed by atoms with Crippen LogP contribution in [0.3, 0.4) is 0 Å². The molecule has 0 saturated heterocycles. The lowest BCUT2D eigenvalue weighted by Gasteiger charge is -2.43. The summed E-state index contributed by atoms with van der Waals surface area (Å²) in [5, 5.41) is 12.3. The van der Waals surface area contributed by atoms with Crippen molar-refractivity contribution in [3.63, 3.8) is 0 Å². The van der Waals surface area contributed by atoms with Crippen LogP contribution in [0.4, 0.5) is 0 Å². The molecule has 0 aliphatic rings. The number of hydrogen-bond acceptors (Lipinski definition) is 6. The van der Waals surface area contributed by atoms with Crippen molar-refractivity contribution in [2.24, 2.45) is 0 Å². The number of carbonyl (C=O) groups is 2. The lowest BCUT2D eigenvalue weighted by Crippen LogP contribution is -2.61. The summed E-state index contributed by atoms with van der Waals surface area (Å²) >= 11 is 6.16. The molecule has 6 nitrogen and oxygen atoms in total. The Morgan fingerprint density at radius 3 is 1.94 bits per heavy atom. The van der Waals surface area contributed by atoms with E-state index in [0.29, 0.717) is 0 Å². The second-order valence-electron chi connectivity index (χ2n) is 7.03. The second-order valence-corrected chi connectivity index (χ2v) is 7.46. The van der Waals surface area contributed by atoms with E-state index in [9.17, 15) is 14.7 Å². The fraction of sp³-hybridized carbons (Fsp3) is 0.200. The third-order valence-corrected chi connectivity index (χ3v) is 5.42. The molecule has 2 atom stereocenters. The van der Waals surface area contributed by atoms with Crippen molar-refractivity contribution in [3.05, 3.63) is 107 Å². The van der Waals surface area contributed by atoms with Gasteiger partial charge in [0.05, 0.1) is 20.8 Å². The number of hydrogen-bond donors (Lipinski definition) is 1. The van der Waals surface area contributed by atoms with Crippen molar-refractivity contribution in [3.8, 4) is 0 Å². The molecule has 0 aliphatic heterocycles. The van der Waals surface area contributed by atoms with Crippen LogP contribution in [0.1, 0.15) is 16.7 Å². The molecule has 166 valence electrons. The Hall–Kier alpha value is -3.19. The minimum Gasteiger partial charge on any atom is -0.467 e. The van der Waals surface area contributed by atoms with E-state index in [1.54, 1.807) is 54.6 Å². The Morgan fingerprint density at radius 1 is 0.812 bits per heavy atom. The van der Waals surface area contributed by atoms with E-state index in [2.05, 4.69) is 0 Å². The molecule has 32 heavy (non-hydrogen) atoms. The predicted octanol–water partition coefficient (Wildman–Crippen LogP) is 3.99. The number of halogens is 1. The van der Waals surface area contributed by atoms with Gasteiger partial charge in [0.2, 0.25) is 11.2 Å². The molecule has 0 saturated carbocycles. The maximum Gasteiger partial charge on any atom is 0.347 e. The van der Waals surface area contributed by atoms with Gasteiger partial charge in [0.25, 0.3) is 0 Å². The molecule has 3 rings (SSSR count). The monoisotopic (exact) mass is 454 g/mol. The van der Waals surface area contributed by atoms with Crippen molar-refractivity contribution in [1.29, 1.82) is 0 Å². The molecule has 1 N–H and O–H groups in total. The van der Waals surface area contributed by atoms with Crippen LogP contribution >= 0.6 is 11.6 Å². The maximum atomic E-state index is 13.4. The summed E-state index contributed by atoms with van der Waals surface area (Å²) in [6, 6.07) is 23.2. The van der Waals surface area contributed by atoms with Gasteiger partial charge in [-0.05, 0) is 23.3 Å². The van der Waals surface area contributed by atoms with E-state index in [0.717, 1.165) is 19.8 Å². The second kappa shape index (κ2) is 9.96. The molecule has 0 amide bonds. The van der Waals surface area contributed by atoms with Crippen LogP contribution in [-0.4, -0.2) is 31.3 Å². The first-order valence-electron chi connectivity index (χ1n) is 9.78. The minimum absolute atomic E-state index is 0.0131. The predicted molar refractivity (Wildman–Crippen MR) is 119 cm³/mol. The number of esters is 2. The maximum absolute atomic E-state index is 13.4. The molecule has 0 bridgehead atoms. The van der Waals surface area contributed by atoms with Gasteiger partial charge in [0, 0.05) is 10.6 Å². The molecule has 0 radical (unpaired) electrons. The fourth-order valence-electron chi connectivity index (χ4n) is 3.63. The summed E-state index contributed by atoms with van der Waals surface area (Å²) in [4.78, 5) is 26.6. The van der Waals surface area contributed by atoms with Gasteiger partial charge in [-0.25, -0.2) is 9.59 Å². The highest BCUT2D eigenvalue weighted by Crippen LogP contribution is 2.46. The largest absolute Gasteiger partial charge is 0.467 e. The van der Waals surface area contributed by atoms with E-state index < -0.39 is 23.1 Å². The number of benzene rings is 3. The van der Waals surface area contributed by atoms with Crippen LogP contribution in [0.25, 0.3) is 0 Å². The van der Waals surface area contributed by atoms with Gasteiger partial charge < -0.3 is 19.3 Å². The molecule has 3 aromatic rings. The van der Waals surface area contributed by atoms with Crippen LogP contribution in [0.2, 0.25) is 5.02 Å². The van der Waals surface area contributed by atoms with E-state index in [-0.39, 0.29) is 22.8 Å². The number of aliphatic hydroxyl groups is 1. The molecular formula is C25H23ClO6. The van der Waals surface area contributed by atoms with Gasteiger partial charge in [0.15, 0.2) is 0 Å². The summed E-state index contributed by atoms with van der Waals surface area (Å²) in [5.74, 6) is -2.09. The molecule has 0 fully saturated rings. The van der Waals surface area contributed by atoms with Crippen LogP contribution in [0.5, 0.6) is 0 Å². The number of ether oxygens (including phenoxy) is 3. The smallest absolute Gasteiger partial charge is 0.347 e. The zero-order valence-electron chi connectivity index (χ0n) is 17.7. The van der Waals surface area contributed by atoms with Gasteiger partial charge in [-0.2, -0.15) is 0 Å². The van der Waals surface area contributed by atoms with Gasteiger partial charge in [-0.15, -0.1) is 0 Å². The third kappa shape index (κ3) is 4.12. The van der Waals surface area contributed by atoms with Crippen LogP contribution in [0, 0.1) is 0 Å². The molecule has 3 aromatic carbocycles. The number of methoxy groups -OCH3 is 2. The van der Waals surface area contributed by atoms with E-state index in [4.69, 9.17) is 25.8 Å². The molecule has 2 unspecified atom stereocenters. The average molecular weight is 455 g/mol. The summed E-state index contributed by atoms with van der Waals surface area (Å²) < 4.78 is 16.2. The van der Waals surface area contributed by atoms with Crippen LogP contribution in [-0.2, 0) is 41.6 Å². The van der Waals surface area contributed by atoms with Crippen molar-refractivity contribution in [2.45, 2.75) is 17.8 Å². The quantitative estimate of drug-likeness (QED) is 0.518. The first-order valence-corrected chi connectivity index (χ1v) is 10.2. The third-order valence-electron chi connectivity index (χ3n) is 5.18. The Balaban J connectivity index is 2.33. The Bertz CT molecular complexity index is 1070. The Labute approximate surface area is 191 Å². The summed E-state index contributed by atoms with van der Waals surface area (Å²) in [7, 11) is 2.27. The zero-order chi connectivity index (χ0) is 23.2. The normalized spacial score (nSPS) is 14.6. The Kier molecular flexibility index (Phi) is 7.30. The molecule has 0 heterocycles. The Morgan fingerprint density at radius 2 is 1.38 bits per heavy atom. The number of rotatable bonds is 8. The zero-order valence-corrected chi connectivity index (χ0v) is 18.4. The van der Waals surface area contributed by atoms with Gasteiger partial charge in [-0.3, -0.25) is 0 Å². The van der Waals surface area contributed by atoms with Crippen LogP contribution < -0.4 is 0 Å². The summed E-state index contributed by atoms with van der Waals surface area (Å²) in [6.45, 7) is -0.106. The first-order chi connectivity index (χ1) is 15.4. The SMILES string of the molecule is COC(=O)C(O)(c1cccc(Cl)c1)C(OCc1ccccc1)(C(=O)OC)c1ccccc1. The van der Waals surface area contributed by atoms with E-state index in [1.165, 1.54) is 12.1 Å². The average Bonchev–Trinajstić information content (AvgIpc) is 2.84. The van der Waals surface area contributed by atoms with Crippen molar-refractivity contribution >= 4 is 23.5 Å². The van der Waals surface area contributed by atoms with E-state index >= 15 is 0 Å². The highest BCUT2D eigenvalue weighted by molar-refractivity contribution is 6.30. The number of carbonyl (C=O) groups excluding carboxylic acids is 2. The molecule has 0 aromatic heterocycles. The molecular weight excluding hydrogens is 432 g/mol. The van der Waals surface area contributed by atoms with Gasteiger partial charge in [-0.1, -0.05) is 84.4 Å². The van der Waals surface area contributed by atoms with Gasteiger partial charge >= 0.3 is 11.9 Å². The van der Waals surface area contributed by atoms with Crippen molar-refractivity contribution in [1.82, 2.24) is 0 Å². The molecule has 0 aliphatic carbocycles. The lowest BCUT2D eigenvalue weighted by atomic mass is 9.72. The highest BCUT2D eigenvalue weighted by atomic mass is 35.5. The van der Waals surface area contributed by atoms with Crippen molar-refractivity contribution < 1.29 is 28.9 Å². The first kappa shape index (κ1) is 23.5. The fourth-order valence-corrected chi connectivity index (χ4v) is 3.82. The van der Waals surface area contributed by atoms with E-state index in [1.807, 2.05) is 18.2 Å².